The minimum atomic E-state index is -0.448. The quantitative estimate of drug-likeness (QED) is 0.563. The summed E-state index contributed by atoms with van der Waals surface area (Å²) < 4.78 is 7.24. The molecule has 4 heterocycles. The van der Waals surface area contributed by atoms with E-state index < -0.39 is 5.41 Å². The van der Waals surface area contributed by atoms with E-state index in [4.69, 9.17) is 4.74 Å². The van der Waals surface area contributed by atoms with Gasteiger partial charge in [-0.2, -0.15) is 10.4 Å². The number of aliphatic hydroxyl groups excluding tert-OH is 1. The number of aryl methyl sites for hydroxylation is 1. The number of hydrogen-bond acceptors (Lipinski definition) is 8. The Balaban J connectivity index is 1.47. The summed E-state index contributed by atoms with van der Waals surface area (Å²) >= 11 is 0. The third-order valence-corrected chi connectivity index (χ3v) is 6.44. The van der Waals surface area contributed by atoms with Crippen LogP contribution in [0.1, 0.15) is 30.7 Å². The van der Waals surface area contributed by atoms with Gasteiger partial charge < -0.3 is 20.5 Å². The van der Waals surface area contributed by atoms with E-state index in [1.54, 1.807) is 6.20 Å². The van der Waals surface area contributed by atoms with Gasteiger partial charge in [0, 0.05) is 36.8 Å². The van der Waals surface area contributed by atoms with E-state index in [-0.39, 0.29) is 12.0 Å². The highest BCUT2D eigenvalue weighted by Crippen LogP contribution is 2.41. The molecule has 2 aliphatic heterocycles. The van der Waals surface area contributed by atoms with Crippen LogP contribution < -0.4 is 10.6 Å². The van der Waals surface area contributed by atoms with Gasteiger partial charge in [0.2, 0.25) is 5.95 Å². The lowest BCUT2D eigenvalue weighted by Gasteiger charge is -2.37. The Kier molecular flexibility index (Phi) is 4.65. The van der Waals surface area contributed by atoms with Crippen LogP contribution >= 0.6 is 0 Å². The molecule has 1 atom stereocenters. The van der Waals surface area contributed by atoms with Crippen LogP contribution in [-0.2, 0) is 22.6 Å². The number of hydrogen-bond donors (Lipinski definition) is 3. The van der Waals surface area contributed by atoms with E-state index in [2.05, 4.69) is 38.7 Å². The fourth-order valence-electron chi connectivity index (χ4n) is 4.41. The van der Waals surface area contributed by atoms with Gasteiger partial charge in [-0.3, -0.25) is 4.68 Å². The Morgan fingerprint density at radius 1 is 1.31 bits per heavy atom. The van der Waals surface area contributed by atoms with Gasteiger partial charge in [0.05, 0.1) is 47.9 Å². The highest BCUT2D eigenvalue weighted by atomic mass is 16.5. The van der Waals surface area contributed by atoms with Gasteiger partial charge in [0.15, 0.2) is 5.82 Å². The first kappa shape index (κ1) is 20.4. The zero-order chi connectivity index (χ0) is 22.5. The van der Waals surface area contributed by atoms with Crippen molar-refractivity contribution in [3.63, 3.8) is 0 Å². The lowest BCUT2D eigenvalue weighted by molar-refractivity contribution is -0.0537. The number of aromatic nitrogens is 4. The molecule has 0 amide bonds. The number of rotatable bonds is 5. The molecule has 5 rings (SSSR count). The fourth-order valence-corrected chi connectivity index (χ4v) is 4.41. The smallest absolute Gasteiger partial charge is 0.228 e. The maximum Gasteiger partial charge on any atom is 0.228 e. The number of benzene rings is 1. The Bertz CT molecular complexity index is 1240. The van der Waals surface area contributed by atoms with E-state index in [1.165, 1.54) is 0 Å². The highest BCUT2D eigenvalue weighted by molar-refractivity contribution is 5.76. The van der Waals surface area contributed by atoms with Crippen LogP contribution in [-0.4, -0.2) is 51.2 Å². The molecule has 0 spiro atoms. The highest BCUT2D eigenvalue weighted by Gasteiger charge is 2.38. The molecule has 32 heavy (non-hydrogen) atoms. The number of anilines is 3. The van der Waals surface area contributed by atoms with Gasteiger partial charge in [-0.1, -0.05) is 6.92 Å². The van der Waals surface area contributed by atoms with E-state index >= 15 is 0 Å². The molecule has 0 radical (unpaired) electrons. The van der Waals surface area contributed by atoms with Gasteiger partial charge in [-0.25, -0.2) is 9.97 Å². The largest absolute Gasteiger partial charge is 0.395 e. The summed E-state index contributed by atoms with van der Waals surface area (Å²) in [5.74, 6) is 1.08. The summed E-state index contributed by atoms with van der Waals surface area (Å²) in [4.78, 5) is 9.00. The van der Waals surface area contributed by atoms with Crippen molar-refractivity contribution < 1.29 is 9.84 Å². The first-order valence-corrected chi connectivity index (χ1v) is 10.5. The SMILES string of the molecule is Cn1nc(Nc2nccc(-c3cc(C#N)c4c(c3)C(C)(CO)CN4)n2)cc1C1(C)COC1. The second kappa shape index (κ2) is 7.29. The van der Waals surface area contributed by atoms with Gasteiger partial charge in [-0.05, 0) is 30.7 Å². The van der Waals surface area contributed by atoms with Gasteiger partial charge in [0.1, 0.15) is 6.07 Å². The van der Waals surface area contributed by atoms with Crippen LogP contribution in [0.2, 0.25) is 0 Å². The Morgan fingerprint density at radius 3 is 2.81 bits per heavy atom. The maximum absolute atomic E-state index is 9.93. The molecule has 164 valence electrons. The lowest BCUT2D eigenvalue weighted by Crippen LogP contribution is -2.45. The van der Waals surface area contributed by atoms with Crippen molar-refractivity contribution in [2.24, 2.45) is 7.05 Å². The third-order valence-electron chi connectivity index (χ3n) is 6.44. The second-order valence-corrected chi connectivity index (χ2v) is 9.11. The predicted molar refractivity (Wildman–Crippen MR) is 120 cm³/mol. The fraction of sp³-hybridized carbons (Fsp3) is 0.391. The van der Waals surface area contributed by atoms with Crippen molar-refractivity contribution in [1.82, 2.24) is 19.7 Å². The van der Waals surface area contributed by atoms with E-state index in [0.29, 0.717) is 42.8 Å². The number of nitrogens with one attached hydrogen (secondary N) is 2. The molecule has 0 saturated carbocycles. The van der Waals surface area contributed by atoms with Crippen LogP contribution in [0.4, 0.5) is 17.5 Å². The predicted octanol–water partition coefficient (Wildman–Crippen LogP) is 2.46. The molecule has 2 aliphatic rings. The van der Waals surface area contributed by atoms with Crippen molar-refractivity contribution >= 4 is 17.5 Å². The average Bonchev–Trinajstić information content (AvgIpc) is 3.32. The maximum atomic E-state index is 9.93. The molecule has 0 bridgehead atoms. The molecule has 9 heteroatoms. The monoisotopic (exact) mass is 431 g/mol. The lowest BCUT2D eigenvalue weighted by atomic mass is 9.83. The first-order chi connectivity index (χ1) is 15.3. The molecule has 2 aromatic heterocycles. The molecule has 3 N–H and O–H groups in total. The number of fused-ring (bicyclic) bond motifs is 1. The standard InChI is InChI=1S/C23H25N7O2/c1-22(11-31)10-26-20-15(9-24)6-14(7-16(20)22)17-4-5-25-21(27-17)28-19-8-18(30(3)29-19)23(2)12-32-13-23/h4-8,26,31H,10-13H2,1-3H3,(H,25,27,28,29). The summed E-state index contributed by atoms with van der Waals surface area (Å²) in [7, 11) is 1.92. The number of ether oxygens (including phenoxy) is 1. The number of nitrogens with zero attached hydrogens (tertiary/aromatic N) is 5. The van der Waals surface area contributed by atoms with Crippen LogP contribution in [0.15, 0.2) is 30.5 Å². The Hall–Kier alpha value is -3.48. The molecule has 1 unspecified atom stereocenters. The minimum absolute atomic E-state index is 0.0100. The van der Waals surface area contributed by atoms with E-state index in [1.807, 2.05) is 42.9 Å². The summed E-state index contributed by atoms with van der Waals surface area (Å²) in [6.07, 6.45) is 1.68. The van der Waals surface area contributed by atoms with Crippen molar-refractivity contribution in [3.05, 3.63) is 47.3 Å². The van der Waals surface area contributed by atoms with Crippen molar-refractivity contribution in [2.45, 2.75) is 24.7 Å². The molecule has 3 aromatic rings. The first-order valence-electron chi connectivity index (χ1n) is 10.5. The Labute approximate surface area is 186 Å². The summed E-state index contributed by atoms with van der Waals surface area (Å²) in [6, 6.07) is 9.88. The summed E-state index contributed by atoms with van der Waals surface area (Å²) in [5, 5.41) is 30.6. The second-order valence-electron chi connectivity index (χ2n) is 9.11. The van der Waals surface area contributed by atoms with Gasteiger partial charge in [-0.15, -0.1) is 0 Å². The number of aliphatic hydroxyl groups is 1. The molecular formula is C23H25N7O2. The zero-order valence-corrected chi connectivity index (χ0v) is 18.3. The van der Waals surface area contributed by atoms with Crippen LogP contribution in [0.3, 0.4) is 0 Å². The Morgan fingerprint density at radius 2 is 2.12 bits per heavy atom. The van der Waals surface area contributed by atoms with Crippen molar-refractivity contribution in [2.75, 3.05) is 37.0 Å². The molecule has 1 fully saturated rings. The molecule has 1 aromatic carbocycles. The average molecular weight is 432 g/mol. The number of nitriles is 1. The molecule has 0 aliphatic carbocycles. The molecule has 1 saturated heterocycles. The van der Waals surface area contributed by atoms with Gasteiger partial charge in [0.25, 0.3) is 0 Å². The van der Waals surface area contributed by atoms with Crippen molar-refractivity contribution in [1.29, 1.82) is 5.26 Å². The normalized spacial score (nSPS) is 20.7. The molecular weight excluding hydrogens is 406 g/mol. The topological polar surface area (TPSA) is 121 Å². The third kappa shape index (κ3) is 3.20. The summed E-state index contributed by atoms with van der Waals surface area (Å²) in [6.45, 7) is 6.07. The molecule has 9 nitrogen and oxygen atoms in total. The summed E-state index contributed by atoms with van der Waals surface area (Å²) in [5.41, 5.74) is 4.34. The van der Waals surface area contributed by atoms with Crippen LogP contribution in [0.25, 0.3) is 11.3 Å². The van der Waals surface area contributed by atoms with E-state index in [0.717, 1.165) is 22.5 Å². The van der Waals surface area contributed by atoms with Crippen molar-refractivity contribution in [3.8, 4) is 17.3 Å². The van der Waals surface area contributed by atoms with Gasteiger partial charge >= 0.3 is 0 Å². The van der Waals surface area contributed by atoms with Crippen LogP contribution in [0.5, 0.6) is 0 Å². The zero-order valence-electron chi connectivity index (χ0n) is 18.3. The van der Waals surface area contributed by atoms with Crippen LogP contribution in [0, 0.1) is 11.3 Å². The van der Waals surface area contributed by atoms with E-state index in [9.17, 15) is 10.4 Å². The minimum Gasteiger partial charge on any atom is -0.395 e.